The summed E-state index contributed by atoms with van der Waals surface area (Å²) in [5, 5.41) is 12.8. The number of nitrogens with zero attached hydrogens (tertiary/aromatic N) is 5. The topological polar surface area (TPSA) is 115 Å². The molecule has 0 atom stereocenters. The highest BCUT2D eigenvalue weighted by molar-refractivity contribution is 7.17. The van der Waals surface area contributed by atoms with Crippen LogP contribution in [0.2, 0.25) is 0 Å². The van der Waals surface area contributed by atoms with Gasteiger partial charge in [0.2, 0.25) is 0 Å². The minimum atomic E-state index is -0.972. The smallest absolute Gasteiger partial charge is 0.347 e. The fourth-order valence-corrected chi connectivity index (χ4v) is 4.21. The van der Waals surface area contributed by atoms with Crippen molar-refractivity contribution in [3.63, 3.8) is 0 Å². The van der Waals surface area contributed by atoms with Gasteiger partial charge in [0.05, 0.1) is 6.20 Å². The van der Waals surface area contributed by atoms with Crippen molar-refractivity contribution in [1.82, 2.24) is 24.1 Å². The third-order valence-corrected chi connectivity index (χ3v) is 5.88. The van der Waals surface area contributed by atoms with Crippen LogP contribution in [0.1, 0.15) is 47.4 Å². The molecule has 0 unspecified atom stereocenters. The van der Waals surface area contributed by atoms with Crippen LogP contribution in [0.25, 0.3) is 11.3 Å². The second-order valence-corrected chi connectivity index (χ2v) is 7.79. The Bertz CT molecular complexity index is 1060. The van der Waals surface area contributed by atoms with Crippen LogP contribution in [0.15, 0.2) is 23.4 Å². The molecule has 9 nitrogen and oxygen atoms in total. The Morgan fingerprint density at radius 3 is 2.35 bits per heavy atom. The van der Waals surface area contributed by atoms with Gasteiger partial charge >= 0.3 is 11.7 Å². The molecule has 0 spiro atoms. The van der Waals surface area contributed by atoms with Crippen molar-refractivity contribution in [3.05, 3.63) is 34.0 Å². The second-order valence-electron chi connectivity index (χ2n) is 6.76. The van der Waals surface area contributed by atoms with Crippen LogP contribution >= 0.6 is 11.3 Å². The Hall–Kier alpha value is -2.75. The lowest BCUT2D eigenvalue weighted by atomic mass is 9.86. The number of carboxylic acids is 1. The number of rotatable bonds is 5. The monoisotopic (exact) mass is 372 g/mol. The summed E-state index contributed by atoms with van der Waals surface area (Å²) in [5.41, 5.74) is 1.29. The van der Waals surface area contributed by atoms with Crippen LogP contribution in [0.4, 0.5) is 5.13 Å². The Labute approximate surface area is 151 Å². The third kappa shape index (κ3) is 2.40. The maximum Gasteiger partial charge on any atom is 0.347 e. The lowest BCUT2D eigenvalue weighted by Gasteiger charge is -2.36. The highest BCUT2D eigenvalue weighted by Gasteiger charge is 2.37. The van der Waals surface area contributed by atoms with Gasteiger partial charge in [0, 0.05) is 30.5 Å². The molecule has 0 radical (unpaired) electrons. The molecule has 134 valence electrons. The molecule has 26 heavy (non-hydrogen) atoms. The van der Waals surface area contributed by atoms with Gasteiger partial charge in [0.1, 0.15) is 4.88 Å². The minimum absolute atomic E-state index is 0.0282. The van der Waals surface area contributed by atoms with E-state index >= 15 is 0 Å². The number of fused-ring (bicyclic) bond motifs is 1. The standard InChI is InChI=1S/C16H16N6O3S/c23-14(24)11-7-19-15(26-11)20-8-5-10(6-8)22-13-12(17-3-4-18-13)21(16(22)25)9-1-2-9/h3-4,7-10H,1-2,5-6H2,(H,19,20)(H,23,24)/t8-,10-. The number of nitrogens with one attached hydrogen (secondary N) is 1. The van der Waals surface area contributed by atoms with Crippen LogP contribution in [-0.4, -0.2) is 41.2 Å². The number of imidazole rings is 1. The third-order valence-electron chi connectivity index (χ3n) is 4.96. The van der Waals surface area contributed by atoms with E-state index in [-0.39, 0.29) is 28.7 Å². The largest absolute Gasteiger partial charge is 0.477 e. The van der Waals surface area contributed by atoms with Crippen molar-refractivity contribution >= 4 is 33.7 Å². The average molecular weight is 372 g/mol. The Kier molecular flexibility index (Phi) is 3.36. The molecule has 0 saturated heterocycles. The Morgan fingerprint density at radius 1 is 1.12 bits per heavy atom. The van der Waals surface area contributed by atoms with E-state index in [1.54, 1.807) is 21.5 Å². The van der Waals surface area contributed by atoms with E-state index in [9.17, 15) is 9.59 Å². The van der Waals surface area contributed by atoms with E-state index in [0.29, 0.717) is 16.4 Å². The SMILES string of the molecule is O=C(O)c1cnc(N[C@H]2C[C@H](n3c(=O)n(C4CC4)c4nccnc43)C2)s1. The van der Waals surface area contributed by atoms with Gasteiger partial charge in [0.25, 0.3) is 0 Å². The van der Waals surface area contributed by atoms with Gasteiger partial charge in [-0.1, -0.05) is 11.3 Å². The van der Waals surface area contributed by atoms with Gasteiger partial charge in [-0.3, -0.25) is 9.13 Å². The van der Waals surface area contributed by atoms with Crippen LogP contribution in [0.5, 0.6) is 0 Å². The van der Waals surface area contributed by atoms with Crippen molar-refractivity contribution in [3.8, 4) is 0 Å². The summed E-state index contributed by atoms with van der Waals surface area (Å²) in [6.45, 7) is 0. The van der Waals surface area contributed by atoms with Crippen LogP contribution in [0, 0.1) is 0 Å². The summed E-state index contributed by atoms with van der Waals surface area (Å²) in [4.78, 5) is 36.9. The van der Waals surface area contributed by atoms with Gasteiger partial charge in [0.15, 0.2) is 16.4 Å². The molecule has 2 aliphatic rings. The number of carbonyl (C=O) groups is 1. The zero-order chi connectivity index (χ0) is 17.8. The van der Waals surface area contributed by atoms with Crippen molar-refractivity contribution < 1.29 is 9.90 Å². The maximum absolute atomic E-state index is 12.9. The van der Waals surface area contributed by atoms with Gasteiger partial charge in [-0.25, -0.2) is 24.5 Å². The number of hydrogen-bond donors (Lipinski definition) is 2. The predicted molar refractivity (Wildman–Crippen MR) is 94.8 cm³/mol. The zero-order valence-corrected chi connectivity index (χ0v) is 14.5. The first kappa shape index (κ1) is 15.5. The number of anilines is 1. The van der Waals surface area contributed by atoms with Crippen LogP contribution in [0.3, 0.4) is 0 Å². The van der Waals surface area contributed by atoms with E-state index in [1.165, 1.54) is 6.20 Å². The molecule has 3 heterocycles. The quantitative estimate of drug-likeness (QED) is 0.703. The molecule has 10 heteroatoms. The molecular weight excluding hydrogens is 356 g/mol. The fraction of sp³-hybridized carbons (Fsp3) is 0.438. The first-order valence-electron chi connectivity index (χ1n) is 8.51. The lowest BCUT2D eigenvalue weighted by Crippen LogP contribution is -2.41. The summed E-state index contributed by atoms with van der Waals surface area (Å²) < 4.78 is 3.55. The minimum Gasteiger partial charge on any atom is -0.477 e. The normalized spacial score (nSPS) is 22.3. The van der Waals surface area contributed by atoms with Crippen molar-refractivity contribution in [2.24, 2.45) is 0 Å². The average Bonchev–Trinajstić information content (AvgIpc) is 3.22. The van der Waals surface area contributed by atoms with Gasteiger partial charge in [-0.15, -0.1) is 0 Å². The zero-order valence-electron chi connectivity index (χ0n) is 13.7. The molecule has 2 aliphatic carbocycles. The molecule has 0 aromatic carbocycles. The predicted octanol–water partition coefficient (Wildman–Crippen LogP) is 1.90. The Morgan fingerprint density at radius 2 is 1.77 bits per heavy atom. The van der Waals surface area contributed by atoms with Gasteiger partial charge < -0.3 is 10.4 Å². The molecule has 3 aromatic heterocycles. The number of aromatic nitrogens is 5. The van der Waals surface area contributed by atoms with Gasteiger partial charge in [-0.2, -0.15) is 0 Å². The second kappa shape index (κ2) is 5.63. The molecule has 0 aliphatic heterocycles. The van der Waals surface area contributed by atoms with Crippen LogP contribution in [-0.2, 0) is 0 Å². The number of thiazole rings is 1. The molecule has 2 N–H and O–H groups in total. The number of hydrogen-bond acceptors (Lipinski definition) is 7. The number of carboxylic acid groups (broad SMARTS) is 1. The molecule has 5 rings (SSSR count). The summed E-state index contributed by atoms with van der Waals surface area (Å²) in [7, 11) is 0. The highest BCUT2D eigenvalue weighted by atomic mass is 32.1. The molecule has 2 saturated carbocycles. The highest BCUT2D eigenvalue weighted by Crippen LogP contribution is 2.39. The first-order valence-corrected chi connectivity index (χ1v) is 9.32. The molecule has 3 aromatic rings. The van der Waals surface area contributed by atoms with Crippen LogP contribution < -0.4 is 11.0 Å². The maximum atomic E-state index is 12.9. The summed E-state index contributed by atoms with van der Waals surface area (Å²) >= 11 is 1.12. The Balaban J connectivity index is 1.37. The van der Waals surface area contributed by atoms with Gasteiger partial charge in [-0.05, 0) is 25.7 Å². The number of aromatic carboxylic acids is 1. The van der Waals surface area contributed by atoms with Crippen molar-refractivity contribution in [1.29, 1.82) is 0 Å². The van der Waals surface area contributed by atoms with E-state index in [2.05, 4.69) is 20.3 Å². The van der Waals surface area contributed by atoms with E-state index in [4.69, 9.17) is 5.11 Å². The lowest BCUT2D eigenvalue weighted by molar-refractivity contribution is 0.0702. The summed E-state index contributed by atoms with van der Waals surface area (Å²) in [5.74, 6) is -0.972. The van der Waals surface area contributed by atoms with Crippen molar-refractivity contribution in [2.45, 2.75) is 43.8 Å². The fourth-order valence-electron chi connectivity index (χ4n) is 3.48. The summed E-state index contributed by atoms with van der Waals surface area (Å²) in [6, 6.07) is 0.482. The first-order chi connectivity index (χ1) is 12.6. The summed E-state index contributed by atoms with van der Waals surface area (Å²) in [6.07, 6.45) is 8.16. The molecule has 0 amide bonds. The molecular formula is C16H16N6O3S. The van der Waals surface area contributed by atoms with Crippen molar-refractivity contribution in [2.75, 3.05) is 5.32 Å². The molecule has 0 bridgehead atoms. The molecule has 2 fully saturated rings. The van der Waals surface area contributed by atoms with E-state index in [1.807, 2.05) is 0 Å². The van der Waals surface area contributed by atoms with E-state index < -0.39 is 5.97 Å². The van der Waals surface area contributed by atoms with E-state index in [0.717, 1.165) is 37.0 Å².